The first kappa shape index (κ1) is 11.5. The molecule has 0 aliphatic heterocycles. The van der Waals surface area contributed by atoms with Crippen LogP contribution in [0.5, 0.6) is 0 Å². The fraction of sp³-hybridized carbons (Fsp3) is 0.455. The lowest BCUT2D eigenvalue weighted by molar-refractivity contribution is -0.0997. The van der Waals surface area contributed by atoms with Gasteiger partial charge in [-0.05, 0) is 12.0 Å². The van der Waals surface area contributed by atoms with Gasteiger partial charge in [-0.3, -0.25) is 0 Å². The van der Waals surface area contributed by atoms with E-state index in [1.807, 2.05) is 37.3 Å². The van der Waals surface area contributed by atoms with Gasteiger partial charge >= 0.3 is 0 Å². The maximum absolute atomic E-state index is 9.66. The van der Waals surface area contributed by atoms with Gasteiger partial charge < -0.3 is 9.84 Å². The van der Waals surface area contributed by atoms with Crippen molar-refractivity contribution < 1.29 is 9.84 Å². The zero-order chi connectivity index (χ0) is 10.4. The Hall–Kier alpha value is -0.570. The second kappa shape index (κ2) is 6.02. The summed E-state index contributed by atoms with van der Waals surface area (Å²) in [6, 6.07) is 9.83. The predicted molar refractivity (Wildman–Crippen MR) is 57.3 cm³/mol. The zero-order valence-electron chi connectivity index (χ0n) is 8.19. The Morgan fingerprint density at radius 1 is 1.36 bits per heavy atom. The highest BCUT2D eigenvalue weighted by Gasteiger charge is 2.19. The molecule has 0 saturated heterocycles. The Bertz CT molecular complexity index is 251. The number of benzene rings is 1. The molecule has 1 rings (SSSR count). The van der Waals surface area contributed by atoms with Crippen molar-refractivity contribution >= 4 is 11.6 Å². The van der Waals surface area contributed by atoms with Gasteiger partial charge in [0.05, 0.1) is 0 Å². The highest BCUT2D eigenvalue weighted by Crippen LogP contribution is 2.23. The van der Waals surface area contributed by atoms with Crippen molar-refractivity contribution in [1.82, 2.24) is 0 Å². The van der Waals surface area contributed by atoms with E-state index in [1.165, 1.54) is 0 Å². The number of alkyl halides is 1. The number of ether oxygens (including phenoxy) is 1. The average molecular weight is 215 g/mol. The summed E-state index contributed by atoms with van der Waals surface area (Å²) in [5.74, 6) is -0.00468. The Balaban J connectivity index is 2.71. The van der Waals surface area contributed by atoms with Crippen LogP contribution >= 0.6 is 11.6 Å². The Morgan fingerprint density at radius 2 is 2.00 bits per heavy atom. The molecule has 2 nitrogen and oxygen atoms in total. The summed E-state index contributed by atoms with van der Waals surface area (Å²) in [7, 11) is 0. The van der Waals surface area contributed by atoms with Crippen LogP contribution in [-0.4, -0.2) is 17.5 Å². The topological polar surface area (TPSA) is 29.5 Å². The smallest absolute Gasteiger partial charge is 0.163 e. The third-order valence-corrected chi connectivity index (χ3v) is 2.37. The lowest BCUT2D eigenvalue weighted by Gasteiger charge is -2.21. The molecular weight excluding hydrogens is 200 g/mol. The summed E-state index contributed by atoms with van der Waals surface area (Å²) in [4.78, 5) is 0. The first-order valence-electron chi connectivity index (χ1n) is 4.70. The van der Waals surface area contributed by atoms with E-state index in [0.29, 0.717) is 0 Å². The van der Waals surface area contributed by atoms with Crippen LogP contribution in [0.2, 0.25) is 0 Å². The fourth-order valence-corrected chi connectivity index (χ4v) is 1.61. The molecule has 0 aliphatic rings. The summed E-state index contributed by atoms with van der Waals surface area (Å²) in [6.45, 7) is 2.01. The van der Waals surface area contributed by atoms with E-state index in [-0.39, 0.29) is 12.0 Å². The van der Waals surface area contributed by atoms with E-state index in [2.05, 4.69) is 0 Å². The minimum atomic E-state index is -0.820. The predicted octanol–water partition coefficient (Wildman–Crippen LogP) is 2.71. The van der Waals surface area contributed by atoms with Gasteiger partial charge in [0.15, 0.2) is 6.29 Å². The van der Waals surface area contributed by atoms with Crippen LogP contribution in [-0.2, 0) is 4.74 Å². The minimum Gasteiger partial charge on any atom is -0.367 e. The summed E-state index contributed by atoms with van der Waals surface area (Å²) in [5, 5.41) is 9.66. The van der Waals surface area contributed by atoms with Gasteiger partial charge in [0.1, 0.15) is 6.07 Å². The molecule has 1 aromatic rings. The van der Waals surface area contributed by atoms with E-state index in [0.717, 1.165) is 12.0 Å². The monoisotopic (exact) mass is 214 g/mol. The largest absolute Gasteiger partial charge is 0.367 e. The SMILES string of the molecule is CCC(c1ccccc1)C(O)OCCl. The van der Waals surface area contributed by atoms with Crippen molar-refractivity contribution in [3.8, 4) is 0 Å². The van der Waals surface area contributed by atoms with Crippen LogP contribution in [0.25, 0.3) is 0 Å². The van der Waals surface area contributed by atoms with Crippen molar-refractivity contribution in [3.63, 3.8) is 0 Å². The molecule has 0 spiro atoms. The van der Waals surface area contributed by atoms with Crippen molar-refractivity contribution in [3.05, 3.63) is 35.9 Å². The average Bonchev–Trinajstić information content (AvgIpc) is 2.21. The van der Waals surface area contributed by atoms with Gasteiger partial charge in [-0.1, -0.05) is 48.9 Å². The second-order valence-electron chi connectivity index (χ2n) is 3.09. The van der Waals surface area contributed by atoms with E-state index < -0.39 is 6.29 Å². The van der Waals surface area contributed by atoms with Crippen LogP contribution in [0, 0.1) is 0 Å². The number of hydrogen-bond donors (Lipinski definition) is 1. The van der Waals surface area contributed by atoms with Gasteiger partial charge in [0, 0.05) is 5.92 Å². The quantitative estimate of drug-likeness (QED) is 0.603. The summed E-state index contributed by atoms with van der Waals surface area (Å²) in [6.07, 6.45) is 0.00196. The van der Waals surface area contributed by atoms with E-state index in [9.17, 15) is 5.11 Å². The molecule has 78 valence electrons. The van der Waals surface area contributed by atoms with E-state index >= 15 is 0 Å². The minimum absolute atomic E-state index is 0.00468. The first-order chi connectivity index (χ1) is 6.79. The number of rotatable bonds is 5. The Kier molecular flexibility index (Phi) is 4.94. The Labute approximate surface area is 89.5 Å². The molecule has 0 bridgehead atoms. The highest BCUT2D eigenvalue weighted by atomic mass is 35.5. The lowest BCUT2D eigenvalue weighted by atomic mass is 9.96. The molecule has 3 heteroatoms. The third-order valence-electron chi connectivity index (χ3n) is 2.25. The van der Waals surface area contributed by atoms with Crippen molar-refractivity contribution in [2.45, 2.75) is 25.6 Å². The number of aliphatic hydroxyl groups excluding tert-OH is 1. The van der Waals surface area contributed by atoms with Crippen LogP contribution in [0.1, 0.15) is 24.8 Å². The van der Waals surface area contributed by atoms with Gasteiger partial charge in [0.2, 0.25) is 0 Å². The molecule has 0 aromatic heterocycles. The van der Waals surface area contributed by atoms with Crippen LogP contribution < -0.4 is 0 Å². The molecule has 2 atom stereocenters. The van der Waals surface area contributed by atoms with Crippen molar-refractivity contribution in [2.24, 2.45) is 0 Å². The summed E-state index contributed by atoms with van der Waals surface area (Å²) < 4.78 is 4.97. The maximum Gasteiger partial charge on any atom is 0.163 e. The summed E-state index contributed by atoms with van der Waals surface area (Å²) >= 11 is 5.40. The van der Waals surface area contributed by atoms with Crippen LogP contribution in [0.3, 0.4) is 0 Å². The van der Waals surface area contributed by atoms with Gasteiger partial charge in [0.25, 0.3) is 0 Å². The molecular formula is C11H15ClO2. The molecule has 2 unspecified atom stereocenters. The molecule has 1 N–H and O–H groups in total. The standard InChI is InChI=1S/C11H15ClO2/c1-2-10(11(13)14-8-12)9-6-4-3-5-7-9/h3-7,10-11,13H,2,8H2,1H3. The molecule has 0 amide bonds. The molecule has 0 fully saturated rings. The fourth-order valence-electron chi connectivity index (χ4n) is 1.48. The number of aliphatic hydroxyl groups is 1. The van der Waals surface area contributed by atoms with Crippen molar-refractivity contribution in [1.29, 1.82) is 0 Å². The zero-order valence-corrected chi connectivity index (χ0v) is 8.95. The normalized spacial score (nSPS) is 15.1. The maximum atomic E-state index is 9.66. The lowest BCUT2D eigenvalue weighted by Crippen LogP contribution is -2.20. The van der Waals surface area contributed by atoms with Gasteiger partial charge in [-0.25, -0.2) is 0 Å². The third kappa shape index (κ3) is 2.98. The van der Waals surface area contributed by atoms with Crippen molar-refractivity contribution in [2.75, 3.05) is 6.07 Å². The first-order valence-corrected chi connectivity index (χ1v) is 5.23. The Morgan fingerprint density at radius 3 is 2.50 bits per heavy atom. The van der Waals surface area contributed by atoms with Gasteiger partial charge in [-0.2, -0.15) is 0 Å². The molecule has 0 aliphatic carbocycles. The van der Waals surface area contributed by atoms with Gasteiger partial charge in [-0.15, -0.1) is 0 Å². The molecule has 0 heterocycles. The second-order valence-corrected chi connectivity index (χ2v) is 3.31. The molecule has 1 aromatic carbocycles. The summed E-state index contributed by atoms with van der Waals surface area (Å²) in [5.41, 5.74) is 1.08. The van der Waals surface area contributed by atoms with Crippen LogP contribution in [0.15, 0.2) is 30.3 Å². The number of halogens is 1. The molecule has 14 heavy (non-hydrogen) atoms. The highest BCUT2D eigenvalue weighted by molar-refractivity contribution is 6.17. The van der Waals surface area contributed by atoms with Crippen LogP contribution in [0.4, 0.5) is 0 Å². The number of hydrogen-bond acceptors (Lipinski definition) is 2. The molecule has 0 saturated carbocycles. The molecule has 0 radical (unpaired) electrons. The van der Waals surface area contributed by atoms with E-state index in [4.69, 9.17) is 16.3 Å². The van der Waals surface area contributed by atoms with E-state index in [1.54, 1.807) is 0 Å².